The Hall–Kier alpha value is -1.40. The number of nitrogens with zero attached hydrogens (tertiary/aromatic N) is 1. The molecule has 0 unspecified atom stereocenters. The number of rotatable bonds is 5. The normalized spacial score (nSPS) is 26.3. The van der Waals surface area contributed by atoms with Crippen molar-refractivity contribution in [2.75, 3.05) is 19.8 Å². The van der Waals surface area contributed by atoms with E-state index in [4.69, 9.17) is 14.0 Å². The molecule has 1 amide bonds. The Morgan fingerprint density at radius 1 is 1.48 bits per heavy atom. The molecule has 2 atom stereocenters. The van der Waals surface area contributed by atoms with Crippen LogP contribution in [-0.2, 0) is 9.47 Å². The topological polar surface area (TPSA) is 73.6 Å². The third-order valence-corrected chi connectivity index (χ3v) is 4.24. The van der Waals surface area contributed by atoms with Crippen LogP contribution in [0.5, 0.6) is 0 Å². The average Bonchev–Trinajstić information content (AvgIpc) is 2.85. The number of hydrogen-bond acceptors (Lipinski definition) is 5. The van der Waals surface area contributed by atoms with Gasteiger partial charge in [-0.2, -0.15) is 0 Å². The van der Waals surface area contributed by atoms with Crippen LogP contribution in [0.1, 0.15) is 41.9 Å². The molecule has 0 bridgehead atoms. The van der Waals surface area contributed by atoms with Crippen molar-refractivity contribution in [3.8, 4) is 0 Å². The maximum atomic E-state index is 12.1. The van der Waals surface area contributed by atoms with Gasteiger partial charge in [0.2, 0.25) is 0 Å². The van der Waals surface area contributed by atoms with E-state index in [9.17, 15) is 4.79 Å². The Bertz CT molecular complexity index is 484. The maximum Gasteiger partial charge on any atom is 0.273 e. The molecule has 0 radical (unpaired) electrons. The van der Waals surface area contributed by atoms with Crippen molar-refractivity contribution in [3.05, 3.63) is 17.5 Å². The molecule has 1 saturated heterocycles. The van der Waals surface area contributed by atoms with Gasteiger partial charge in [-0.25, -0.2) is 0 Å². The Kier molecular flexibility index (Phi) is 4.55. The predicted octanol–water partition coefficient (Wildman–Crippen LogP) is 1.69. The van der Waals surface area contributed by atoms with E-state index in [1.807, 2.05) is 0 Å². The molecule has 3 rings (SSSR count). The van der Waals surface area contributed by atoms with Crippen LogP contribution in [0, 0.1) is 12.8 Å². The van der Waals surface area contributed by atoms with Gasteiger partial charge in [-0.05, 0) is 32.1 Å². The van der Waals surface area contributed by atoms with E-state index < -0.39 is 0 Å². The van der Waals surface area contributed by atoms with Crippen LogP contribution in [-0.4, -0.2) is 43.0 Å². The lowest BCUT2D eigenvalue weighted by atomic mass is 9.86. The minimum absolute atomic E-state index is 0.0243. The maximum absolute atomic E-state index is 12.1. The minimum atomic E-state index is -0.236. The van der Waals surface area contributed by atoms with Crippen LogP contribution < -0.4 is 5.32 Å². The highest BCUT2D eigenvalue weighted by molar-refractivity contribution is 5.92. The molecule has 0 aromatic carbocycles. The molecule has 6 nitrogen and oxygen atoms in total. The molecule has 2 fully saturated rings. The van der Waals surface area contributed by atoms with Gasteiger partial charge in [0.1, 0.15) is 5.76 Å². The summed E-state index contributed by atoms with van der Waals surface area (Å²) in [6.45, 7) is 3.72. The second kappa shape index (κ2) is 6.58. The summed E-state index contributed by atoms with van der Waals surface area (Å²) in [5, 5.41) is 6.68. The molecule has 1 aromatic heterocycles. The summed E-state index contributed by atoms with van der Waals surface area (Å²) < 4.78 is 16.4. The largest absolute Gasteiger partial charge is 0.379 e. The minimum Gasteiger partial charge on any atom is -0.379 e. The van der Waals surface area contributed by atoms with Crippen LogP contribution in [0.3, 0.4) is 0 Å². The van der Waals surface area contributed by atoms with E-state index in [0.29, 0.717) is 30.6 Å². The number of nitrogens with one attached hydrogen (secondary N) is 1. The third kappa shape index (κ3) is 3.63. The molecule has 2 aliphatic rings. The first kappa shape index (κ1) is 14.5. The van der Waals surface area contributed by atoms with Crippen LogP contribution in [0.2, 0.25) is 0 Å². The first-order chi connectivity index (χ1) is 10.2. The number of aromatic nitrogens is 1. The van der Waals surface area contributed by atoms with Crippen molar-refractivity contribution in [2.24, 2.45) is 5.92 Å². The van der Waals surface area contributed by atoms with Gasteiger partial charge < -0.3 is 19.3 Å². The fourth-order valence-corrected chi connectivity index (χ4v) is 2.69. The zero-order chi connectivity index (χ0) is 14.7. The van der Waals surface area contributed by atoms with Crippen molar-refractivity contribution >= 4 is 5.91 Å². The predicted molar refractivity (Wildman–Crippen MR) is 75.0 cm³/mol. The Morgan fingerprint density at radius 3 is 3.00 bits per heavy atom. The molecule has 0 spiro atoms. The molecule has 1 aliphatic carbocycles. The smallest absolute Gasteiger partial charge is 0.273 e. The molecular formula is C15H22N2O4. The summed E-state index contributed by atoms with van der Waals surface area (Å²) >= 11 is 0. The molecule has 6 heteroatoms. The highest BCUT2D eigenvalue weighted by atomic mass is 16.5. The summed E-state index contributed by atoms with van der Waals surface area (Å²) in [5.74, 6) is 1.08. The van der Waals surface area contributed by atoms with E-state index >= 15 is 0 Å². The second-order valence-corrected chi connectivity index (χ2v) is 5.94. The second-order valence-electron chi connectivity index (χ2n) is 5.94. The Balaban J connectivity index is 1.54. The van der Waals surface area contributed by atoms with Crippen molar-refractivity contribution in [2.45, 2.75) is 44.8 Å². The van der Waals surface area contributed by atoms with Crippen LogP contribution in [0.15, 0.2) is 10.6 Å². The zero-order valence-electron chi connectivity index (χ0n) is 12.3. The fourth-order valence-electron chi connectivity index (χ4n) is 2.69. The summed E-state index contributed by atoms with van der Waals surface area (Å²) in [6, 6.07) is 1.51. The molecule has 1 saturated carbocycles. The van der Waals surface area contributed by atoms with E-state index in [1.54, 1.807) is 13.0 Å². The molecule has 21 heavy (non-hydrogen) atoms. The molecule has 1 N–H and O–H groups in total. The number of ether oxygens (including phenoxy) is 2. The van der Waals surface area contributed by atoms with Gasteiger partial charge in [0, 0.05) is 19.3 Å². The van der Waals surface area contributed by atoms with Gasteiger partial charge in [0.15, 0.2) is 5.69 Å². The number of amides is 1. The lowest BCUT2D eigenvalue weighted by Gasteiger charge is -2.34. The number of carbonyl (C=O) groups excluding carboxylic acids is 1. The molecule has 116 valence electrons. The van der Waals surface area contributed by atoms with Crippen LogP contribution >= 0.6 is 0 Å². The van der Waals surface area contributed by atoms with E-state index in [0.717, 1.165) is 13.0 Å². The van der Waals surface area contributed by atoms with Gasteiger partial charge in [0.05, 0.1) is 18.8 Å². The quantitative estimate of drug-likeness (QED) is 0.894. The van der Waals surface area contributed by atoms with Gasteiger partial charge in [-0.3, -0.25) is 4.79 Å². The lowest BCUT2D eigenvalue weighted by molar-refractivity contribution is -0.0697. The average molecular weight is 294 g/mol. The summed E-state index contributed by atoms with van der Waals surface area (Å²) in [6.07, 6.45) is 4.68. The Labute approximate surface area is 124 Å². The van der Waals surface area contributed by atoms with Gasteiger partial charge >= 0.3 is 0 Å². The first-order valence-corrected chi connectivity index (χ1v) is 7.66. The summed E-state index contributed by atoms with van der Waals surface area (Å²) in [4.78, 5) is 12.1. The van der Waals surface area contributed by atoms with Crippen molar-refractivity contribution in [3.63, 3.8) is 0 Å². The summed E-state index contributed by atoms with van der Waals surface area (Å²) in [5.41, 5.74) is 0.302. The molecule has 1 aliphatic heterocycles. The Morgan fingerprint density at radius 2 is 2.33 bits per heavy atom. The monoisotopic (exact) mass is 294 g/mol. The van der Waals surface area contributed by atoms with E-state index in [1.165, 1.54) is 19.3 Å². The SMILES string of the molecule is Cc1cc(C(=O)N[C@@H]2COCC[C@@H]2OCC2CCC2)no1. The van der Waals surface area contributed by atoms with Gasteiger partial charge in [-0.1, -0.05) is 11.6 Å². The standard InChI is InChI=1S/C15H22N2O4/c1-10-7-12(17-21-10)15(18)16-13-9-19-6-5-14(13)20-8-11-3-2-4-11/h7,11,13-14H,2-6,8-9H2,1H3,(H,16,18)/t13-,14+/m1/s1. The van der Waals surface area contributed by atoms with E-state index in [2.05, 4.69) is 10.5 Å². The van der Waals surface area contributed by atoms with E-state index in [-0.39, 0.29) is 18.1 Å². The van der Waals surface area contributed by atoms with Crippen molar-refractivity contribution < 1.29 is 18.8 Å². The van der Waals surface area contributed by atoms with Gasteiger partial charge in [-0.15, -0.1) is 0 Å². The van der Waals surface area contributed by atoms with Crippen molar-refractivity contribution in [1.29, 1.82) is 0 Å². The molecule has 1 aromatic rings. The lowest BCUT2D eigenvalue weighted by Crippen LogP contribution is -2.51. The molecule has 2 heterocycles. The van der Waals surface area contributed by atoms with Crippen LogP contribution in [0.25, 0.3) is 0 Å². The van der Waals surface area contributed by atoms with Crippen LogP contribution in [0.4, 0.5) is 0 Å². The molecular weight excluding hydrogens is 272 g/mol. The number of hydrogen-bond donors (Lipinski definition) is 1. The third-order valence-electron chi connectivity index (χ3n) is 4.24. The van der Waals surface area contributed by atoms with Crippen molar-refractivity contribution in [1.82, 2.24) is 10.5 Å². The fraction of sp³-hybridized carbons (Fsp3) is 0.733. The highest BCUT2D eigenvalue weighted by Crippen LogP contribution is 2.27. The highest BCUT2D eigenvalue weighted by Gasteiger charge is 2.30. The zero-order valence-corrected chi connectivity index (χ0v) is 12.3. The summed E-state index contributed by atoms with van der Waals surface area (Å²) in [7, 11) is 0. The van der Waals surface area contributed by atoms with Gasteiger partial charge in [0.25, 0.3) is 5.91 Å². The number of carbonyl (C=O) groups is 1. The number of aryl methyl sites for hydroxylation is 1. The first-order valence-electron chi connectivity index (χ1n) is 7.66.